The lowest BCUT2D eigenvalue weighted by atomic mass is 10.2. The van der Waals surface area contributed by atoms with Crippen LogP contribution in [0.3, 0.4) is 0 Å². The molecule has 2 rings (SSSR count). The molecule has 0 unspecified atom stereocenters. The number of alkyl halides is 2. The van der Waals surface area contributed by atoms with E-state index in [4.69, 9.17) is 0 Å². The molecule has 0 bridgehead atoms. The number of allylic oxidation sites excluding steroid dienone is 1. The first-order valence-electron chi connectivity index (χ1n) is 6.55. The van der Waals surface area contributed by atoms with Gasteiger partial charge >= 0.3 is 10.1 Å². The summed E-state index contributed by atoms with van der Waals surface area (Å²) in [6.45, 7) is 1.75. The maximum absolute atomic E-state index is 13.7. The zero-order valence-electron chi connectivity index (χ0n) is 12.0. The monoisotopic (exact) mass is 342 g/mol. The molecule has 0 saturated carbocycles. The molecule has 0 spiro atoms. The fraction of sp³-hybridized carbons (Fsp3) is 0.125. The number of hydrogen-bond acceptors (Lipinski definition) is 3. The van der Waals surface area contributed by atoms with Gasteiger partial charge in [0.05, 0.1) is 0 Å². The molecule has 0 radical (unpaired) electrons. The predicted molar refractivity (Wildman–Crippen MR) is 79.9 cm³/mol. The second-order valence-corrected chi connectivity index (χ2v) is 6.24. The molecule has 0 aliphatic rings. The third kappa shape index (κ3) is 4.13. The highest BCUT2D eigenvalue weighted by Gasteiger charge is 2.26. The number of benzene rings is 2. The molecule has 0 N–H and O–H groups in total. The molecule has 0 atom stereocenters. The summed E-state index contributed by atoms with van der Waals surface area (Å²) in [7, 11) is -4.43. The molecule has 0 amide bonds. The van der Waals surface area contributed by atoms with E-state index in [1.165, 1.54) is 48.5 Å². The van der Waals surface area contributed by atoms with Crippen molar-refractivity contribution in [2.75, 3.05) is 0 Å². The highest BCUT2D eigenvalue weighted by atomic mass is 32.2. The van der Waals surface area contributed by atoms with Crippen LogP contribution in [0.4, 0.5) is 13.2 Å². The molecule has 0 aliphatic heterocycles. The maximum Gasteiger partial charge on any atom is 0.339 e. The van der Waals surface area contributed by atoms with Crippen molar-refractivity contribution in [3.05, 3.63) is 71.6 Å². The molecular weight excluding hydrogens is 329 g/mol. The lowest BCUT2D eigenvalue weighted by molar-refractivity contribution is 0.157. The Labute approximate surface area is 132 Å². The Bertz CT molecular complexity index is 798. The van der Waals surface area contributed by atoms with E-state index in [0.717, 1.165) is 5.56 Å². The van der Waals surface area contributed by atoms with Gasteiger partial charge in [-0.2, -0.15) is 8.42 Å². The van der Waals surface area contributed by atoms with E-state index in [1.54, 1.807) is 13.0 Å². The molecule has 0 saturated heterocycles. The van der Waals surface area contributed by atoms with Crippen LogP contribution in [0.15, 0.2) is 65.3 Å². The third-order valence-electron chi connectivity index (χ3n) is 2.95. The average Bonchev–Trinajstić information content (AvgIpc) is 2.53. The van der Waals surface area contributed by atoms with Gasteiger partial charge in [0.1, 0.15) is 4.90 Å². The third-order valence-corrected chi connectivity index (χ3v) is 4.18. The Balaban J connectivity index is 2.46. The number of aryl methyl sites for hydroxylation is 1. The van der Waals surface area contributed by atoms with E-state index >= 15 is 0 Å². The second-order valence-electron chi connectivity index (χ2n) is 4.69. The number of halogens is 3. The number of rotatable bonds is 5. The summed E-state index contributed by atoms with van der Waals surface area (Å²) < 4.78 is 68.1. The topological polar surface area (TPSA) is 43.4 Å². The fourth-order valence-electron chi connectivity index (χ4n) is 1.78. The second kappa shape index (κ2) is 6.87. The van der Waals surface area contributed by atoms with Gasteiger partial charge in [-0.05, 0) is 19.1 Å². The average molecular weight is 342 g/mol. The predicted octanol–water partition coefficient (Wildman–Crippen LogP) is 4.30. The Hall–Kier alpha value is -2.28. The van der Waals surface area contributed by atoms with Gasteiger partial charge in [-0.1, -0.05) is 48.0 Å². The van der Waals surface area contributed by atoms with E-state index in [0.29, 0.717) is 0 Å². The highest BCUT2D eigenvalue weighted by Crippen LogP contribution is 2.29. The molecule has 7 heteroatoms. The van der Waals surface area contributed by atoms with E-state index < -0.39 is 28.1 Å². The van der Waals surface area contributed by atoms with E-state index in [1.807, 2.05) is 0 Å². The zero-order chi connectivity index (χ0) is 17.0. The largest absolute Gasteiger partial charge is 0.375 e. The van der Waals surface area contributed by atoms with Gasteiger partial charge in [0.25, 0.3) is 6.43 Å². The van der Waals surface area contributed by atoms with Crippen molar-refractivity contribution in [2.45, 2.75) is 18.2 Å². The Morgan fingerprint density at radius 1 is 1.00 bits per heavy atom. The van der Waals surface area contributed by atoms with Crippen molar-refractivity contribution in [2.24, 2.45) is 0 Å². The minimum atomic E-state index is -4.43. The first-order valence-corrected chi connectivity index (χ1v) is 7.96. The van der Waals surface area contributed by atoms with Gasteiger partial charge in [-0.25, -0.2) is 13.2 Å². The number of hydrogen-bond donors (Lipinski definition) is 0. The molecule has 3 nitrogen and oxygen atoms in total. The van der Waals surface area contributed by atoms with Crippen LogP contribution in [0.1, 0.15) is 11.1 Å². The minimum Gasteiger partial charge on any atom is -0.375 e. The minimum absolute atomic E-state index is 0.0963. The molecule has 2 aromatic rings. The molecule has 0 fully saturated rings. The fourth-order valence-corrected chi connectivity index (χ4v) is 2.74. The Kier molecular flexibility index (Phi) is 5.10. The van der Waals surface area contributed by atoms with Crippen molar-refractivity contribution >= 4 is 15.9 Å². The van der Waals surface area contributed by atoms with Crippen molar-refractivity contribution in [3.63, 3.8) is 0 Å². The van der Waals surface area contributed by atoms with Gasteiger partial charge in [-0.3, -0.25) is 0 Å². The van der Waals surface area contributed by atoms with Crippen LogP contribution >= 0.6 is 0 Å². The molecule has 0 aliphatic carbocycles. The highest BCUT2D eigenvalue weighted by molar-refractivity contribution is 7.87. The van der Waals surface area contributed by atoms with Crippen LogP contribution in [-0.2, 0) is 14.3 Å². The molecule has 2 aromatic carbocycles. The lowest BCUT2D eigenvalue weighted by Gasteiger charge is -2.12. The Morgan fingerprint density at radius 3 is 2.09 bits per heavy atom. The molecular formula is C16H13F3O3S. The van der Waals surface area contributed by atoms with Crippen LogP contribution < -0.4 is 0 Å². The summed E-state index contributed by atoms with van der Waals surface area (Å²) in [5.41, 5.74) is 0.711. The first-order chi connectivity index (χ1) is 10.8. The van der Waals surface area contributed by atoms with Crippen LogP contribution in [0.5, 0.6) is 0 Å². The zero-order valence-corrected chi connectivity index (χ0v) is 12.9. The molecule has 0 heterocycles. The smallest absolute Gasteiger partial charge is 0.339 e. The van der Waals surface area contributed by atoms with Gasteiger partial charge in [0.15, 0.2) is 5.76 Å². The summed E-state index contributed by atoms with van der Waals surface area (Å²) in [5, 5.41) is 0. The van der Waals surface area contributed by atoms with Crippen molar-refractivity contribution in [1.82, 2.24) is 0 Å². The van der Waals surface area contributed by atoms with E-state index in [-0.39, 0.29) is 10.5 Å². The summed E-state index contributed by atoms with van der Waals surface area (Å²) in [6, 6.07) is 12.6. The summed E-state index contributed by atoms with van der Waals surface area (Å²) >= 11 is 0. The van der Waals surface area contributed by atoms with Crippen LogP contribution in [-0.4, -0.2) is 14.8 Å². The molecule has 122 valence electrons. The van der Waals surface area contributed by atoms with Gasteiger partial charge in [-0.15, -0.1) is 0 Å². The molecule has 0 aromatic heterocycles. The van der Waals surface area contributed by atoms with Crippen molar-refractivity contribution < 1.29 is 25.8 Å². The molecule has 23 heavy (non-hydrogen) atoms. The first kappa shape index (κ1) is 17.1. The van der Waals surface area contributed by atoms with Crippen LogP contribution in [0, 0.1) is 6.92 Å². The van der Waals surface area contributed by atoms with Crippen molar-refractivity contribution in [3.8, 4) is 0 Å². The van der Waals surface area contributed by atoms with E-state index in [2.05, 4.69) is 4.18 Å². The lowest BCUT2D eigenvalue weighted by Crippen LogP contribution is -2.09. The van der Waals surface area contributed by atoms with Gasteiger partial charge in [0.2, 0.25) is 5.83 Å². The SMILES string of the molecule is Cc1ccc(S(=O)(=O)O/C(=C(\F)C(F)F)c2ccccc2)cc1. The van der Waals surface area contributed by atoms with Gasteiger partial charge in [0, 0.05) is 5.56 Å². The Morgan fingerprint density at radius 2 is 1.57 bits per heavy atom. The van der Waals surface area contributed by atoms with Crippen LogP contribution in [0.25, 0.3) is 5.76 Å². The summed E-state index contributed by atoms with van der Waals surface area (Å²) in [5.74, 6) is -2.95. The van der Waals surface area contributed by atoms with Crippen molar-refractivity contribution in [1.29, 1.82) is 0 Å². The van der Waals surface area contributed by atoms with Gasteiger partial charge < -0.3 is 4.18 Å². The maximum atomic E-state index is 13.7. The summed E-state index contributed by atoms with van der Waals surface area (Å²) in [6.07, 6.45) is -3.49. The normalized spacial score (nSPS) is 12.9. The quantitative estimate of drug-likeness (QED) is 0.601. The summed E-state index contributed by atoms with van der Waals surface area (Å²) in [4.78, 5) is -0.251. The van der Waals surface area contributed by atoms with E-state index in [9.17, 15) is 21.6 Å². The standard InChI is InChI=1S/C16H13F3O3S/c1-11-7-9-13(10-8-11)23(20,21)22-15(14(17)16(18)19)12-5-3-2-4-6-12/h2-10,16H,1H3/b15-14-. The van der Waals surface area contributed by atoms with Crippen LogP contribution in [0.2, 0.25) is 0 Å².